The van der Waals surface area contributed by atoms with Crippen LogP contribution in [-0.2, 0) is 9.47 Å². The maximum absolute atomic E-state index is 13.3. The third kappa shape index (κ3) is 8.68. The fourth-order valence-corrected chi connectivity index (χ4v) is 5.05. The Hall–Kier alpha value is -4.13. The number of aromatic amines is 1. The van der Waals surface area contributed by atoms with Crippen LogP contribution in [0.25, 0.3) is 10.6 Å². The van der Waals surface area contributed by atoms with E-state index in [9.17, 15) is 14.4 Å². The van der Waals surface area contributed by atoms with Crippen molar-refractivity contribution in [1.82, 2.24) is 20.5 Å². The van der Waals surface area contributed by atoms with Crippen molar-refractivity contribution in [2.24, 2.45) is 0 Å². The smallest absolute Gasteiger partial charge is 0.412 e. The summed E-state index contributed by atoms with van der Waals surface area (Å²) in [5.74, 6) is -0.396. The average Bonchev–Trinajstić information content (AvgIpc) is 3.54. The molecule has 4 rings (SSSR count). The summed E-state index contributed by atoms with van der Waals surface area (Å²) in [6.45, 7) is 12.0. The number of alkyl carbamates (subject to hydrolysis) is 1. The van der Waals surface area contributed by atoms with E-state index in [1.54, 1.807) is 50.7 Å². The lowest BCUT2D eigenvalue weighted by Crippen LogP contribution is -2.49. The van der Waals surface area contributed by atoms with E-state index in [4.69, 9.17) is 9.47 Å². The van der Waals surface area contributed by atoms with Gasteiger partial charge in [-0.05, 0) is 72.6 Å². The number of nitrogens with one attached hydrogen (secondary N) is 4. The zero-order chi connectivity index (χ0) is 29.8. The first-order valence-electron chi connectivity index (χ1n) is 13.4. The molecule has 1 fully saturated rings. The van der Waals surface area contributed by atoms with Gasteiger partial charge in [0.25, 0.3) is 5.91 Å². The molecule has 3 aromatic rings. The standard InChI is InChI=1S/C28H37N7O5S/c1-27(2,3)39-25(37)31-18-9-10-22(35-11-7-8-19(15-35)32-26(38)40-28(4,5)6)20(12-18)33-23(36)21-16-41-24(34-21)17-13-29-30-14-17/h9-10,12-14,16,19H,7-8,11,15H2,1-6H3,(H,29,30)(H,31,37)(H,32,38)(H,33,36)/t19-/m1/s1. The van der Waals surface area contributed by atoms with Gasteiger partial charge in [0.15, 0.2) is 0 Å². The minimum absolute atomic E-state index is 0.141. The number of carbonyl (C=O) groups excluding carboxylic acids is 3. The fraction of sp³-hybridized carbons (Fsp3) is 0.464. The molecule has 12 nitrogen and oxygen atoms in total. The maximum atomic E-state index is 13.3. The second-order valence-electron chi connectivity index (χ2n) is 11.8. The molecule has 4 N–H and O–H groups in total. The van der Waals surface area contributed by atoms with Crippen LogP contribution >= 0.6 is 11.3 Å². The molecule has 0 radical (unpaired) electrons. The number of H-pyrrole nitrogens is 1. The summed E-state index contributed by atoms with van der Waals surface area (Å²) in [6, 6.07) is 5.12. The van der Waals surface area contributed by atoms with Crippen molar-refractivity contribution in [3.63, 3.8) is 0 Å². The minimum Gasteiger partial charge on any atom is -0.444 e. The lowest BCUT2D eigenvalue weighted by atomic mass is 10.0. The van der Waals surface area contributed by atoms with Gasteiger partial charge in [-0.15, -0.1) is 11.3 Å². The van der Waals surface area contributed by atoms with Gasteiger partial charge in [0.05, 0.1) is 17.6 Å². The van der Waals surface area contributed by atoms with Gasteiger partial charge >= 0.3 is 12.2 Å². The van der Waals surface area contributed by atoms with Crippen molar-refractivity contribution in [2.75, 3.05) is 28.6 Å². The molecule has 0 bridgehead atoms. The Morgan fingerprint density at radius 3 is 2.46 bits per heavy atom. The van der Waals surface area contributed by atoms with Crippen LogP contribution in [0.15, 0.2) is 36.0 Å². The summed E-state index contributed by atoms with van der Waals surface area (Å²) in [5.41, 5.74) is 1.47. The van der Waals surface area contributed by atoms with Crippen molar-refractivity contribution < 1.29 is 23.9 Å². The van der Waals surface area contributed by atoms with Crippen LogP contribution in [0.2, 0.25) is 0 Å². The summed E-state index contributed by atoms with van der Waals surface area (Å²) >= 11 is 1.34. The third-order valence-electron chi connectivity index (χ3n) is 5.85. The summed E-state index contributed by atoms with van der Waals surface area (Å²) in [7, 11) is 0. The van der Waals surface area contributed by atoms with Crippen LogP contribution in [0.3, 0.4) is 0 Å². The summed E-state index contributed by atoms with van der Waals surface area (Å²) < 4.78 is 10.8. The number of benzene rings is 1. The molecule has 41 heavy (non-hydrogen) atoms. The van der Waals surface area contributed by atoms with E-state index >= 15 is 0 Å². The predicted molar refractivity (Wildman–Crippen MR) is 159 cm³/mol. The second-order valence-corrected chi connectivity index (χ2v) is 12.6. The molecular weight excluding hydrogens is 546 g/mol. The van der Waals surface area contributed by atoms with E-state index in [0.29, 0.717) is 22.9 Å². The van der Waals surface area contributed by atoms with E-state index in [-0.39, 0.29) is 11.7 Å². The molecule has 13 heteroatoms. The number of anilines is 3. The molecule has 1 atom stereocenters. The van der Waals surface area contributed by atoms with Crippen molar-refractivity contribution in [2.45, 2.75) is 71.6 Å². The van der Waals surface area contributed by atoms with Crippen LogP contribution in [0.1, 0.15) is 64.9 Å². The quantitative estimate of drug-likeness (QED) is 0.292. The number of carbonyl (C=O) groups is 3. The Kier molecular flexibility index (Phi) is 8.86. The van der Waals surface area contributed by atoms with E-state index in [1.807, 2.05) is 26.8 Å². The third-order valence-corrected chi connectivity index (χ3v) is 6.75. The van der Waals surface area contributed by atoms with Gasteiger partial charge in [-0.1, -0.05) is 0 Å². The Morgan fingerprint density at radius 1 is 1.05 bits per heavy atom. The molecule has 1 aromatic carbocycles. The number of piperidine rings is 1. The number of aromatic nitrogens is 3. The normalized spacial score (nSPS) is 15.7. The molecule has 0 spiro atoms. The highest BCUT2D eigenvalue weighted by Gasteiger charge is 2.27. The Bertz CT molecular complexity index is 1380. The molecule has 2 aromatic heterocycles. The average molecular weight is 584 g/mol. The number of ether oxygens (including phenoxy) is 2. The number of thiazole rings is 1. The van der Waals surface area contributed by atoms with Gasteiger partial charge < -0.3 is 25.0 Å². The SMILES string of the molecule is CC(C)(C)OC(=O)Nc1ccc(N2CCC[C@@H](NC(=O)OC(C)(C)C)C2)c(NC(=O)c2csc(-c3cn[nH]c3)n2)c1. The first-order chi connectivity index (χ1) is 19.3. The predicted octanol–water partition coefficient (Wildman–Crippen LogP) is 5.63. The fourth-order valence-electron chi connectivity index (χ4n) is 4.26. The topological polar surface area (TPSA) is 151 Å². The van der Waals surface area contributed by atoms with Crippen LogP contribution in [-0.4, -0.2) is 63.6 Å². The highest BCUT2D eigenvalue weighted by Crippen LogP contribution is 2.33. The summed E-state index contributed by atoms with van der Waals surface area (Å²) in [4.78, 5) is 44.7. The molecule has 0 aliphatic carbocycles. The molecular formula is C28H37N7O5S. The highest BCUT2D eigenvalue weighted by atomic mass is 32.1. The van der Waals surface area contributed by atoms with Crippen molar-refractivity contribution in [1.29, 1.82) is 0 Å². The first-order valence-corrected chi connectivity index (χ1v) is 14.3. The Labute approximate surface area is 243 Å². The molecule has 1 aliphatic heterocycles. The zero-order valence-corrected chi connectivity index (χ0v) is 25.0. The lowest BCUT2D eigenvalue weighted by Gasteiger charge is -2.36. The van der Waals surface area contributed by atoms with Gasteiger partial charge in [-0.2, -0.15) is 5.10 Å². The number of hydrogen-bond acceptors (Lipinski definition) is 9. The lowest BCUT2D eigenvalue weighted by molar-refractivity contribution is 0.0499. The molecule has 3 heterocycles. The second kappa shape index (κ2) is 12.2. The van der Waals surface area contributed by atoms with Crippen molar-refractivity contribution in [3.8, 4) is 10.6 Å². The highest BCUT2D eigenvalue weighted by molar-refractivity contribution is 7.13. The monoisotopic (exact) mass is 583 g/mol. The van der Waals surface area contributed by atoms with Gasteiger partial charge in [0, 0.05) is 42.0 Å². The van der Waals surface area contributed by atoms with E-state index < -0.39 is 29.3 Å². The number of hydrogen-bond donors (Lipinski definition) is 4. The minimum atomic E-state index is -0.664. The van der Waals surface area contributed by atoms with Gasteiger partial charge in [-0.25, -0.2) is 14.6 Å². The molecule has 220 valence electrons. The van der Waals surface area contributed by atoms with E-state index in [0.717, 1.165) is 30.6 Å². The van der Waals surface area contributed by atoms with Crippen LogP contribution < -0.4 is 20.9 Å². The van der Waals surface area contributed by atoms with Crippen LogP contribution in [0, 0.1) is 0 Å². The van der Waals surface area contributed by atoms with Crippen molar-refractivity contribution in [3.05, 3.63) is 41.7 Å². The maximum Gasteiger partial charge on any atom is 0.412 e. The summed E-state index contributed by atoms with van der Waals surface area (Å²) in [6.07, 6.45) is 3.90. The zero-order valence-electron chi connectivity index (χ0n) is 24.2. The molecule has 0 unspecified atom stereocenters. The first kappa shape index (κ1) is 29.8. The van der Waals surface area contributed by atoms with E-state index in [1.165, 1.54) is 11.3 Å². The van der Waals surface area contributed by atoms with Crippen LogP contribution in [0.5, 0.6) is 0 Å². The van der Waals surface area contributed by atoms with Gasteiger partial charge in [0.2, 0.25) is 0 Å². The van der Waals surface area contributed by atoms with E-state index in [2.05, 4.69) is 36.0 Å². The number of nitrogens with zero attached hydrogens (tertiary/aromatic N) is 3. The molecule has 1 saturated heterocycles. The molecule has 3 amide bonds. The molecule has 1 aliphatic rings. The Morgan fingerprint density at radius 2 is 1.78 bits per heavy atom. The summed E-state index contributed by atoms with van der Waals surface area (Å²) in [5, 5.41) is 17.7. The molecule has 0 saturated carbocycles. The number of amides is 3. The largest absolute Gasteiger partial charge is 0.444 e. The number of rotatable bonds is 6. The van der Waals surface area contributed by atoms with Gasteiger partial charge in [0.1, 0.15) is 21.9 Å². The van der Waals surface area contributed by atoms with Gasteiger partial charge in [-0.3, -0.25) is 15.2 Å². The Balaban J connectivity index is 1.56. The van der Waals surface area contributed by atoms with Crippen molar-refractivity contribution >= 4 is 46.5 Å². The van der Waals surface area contributed by atoms with Crippen LogP contribution in [0.4, 0.5) is 26.7 Å².